The number of ketones is 1. The first kappa shape index (κ1) is 17.1. The second kappa shape index (κ2) is 6.28. The number of rotatable bonds is 2. The molecule has 0 amide bonds. The van der Waals surface area contributed by atoms with E-state index in [9.17, 15) is 9.90 Å². The van der Waals surface area contributed by atoms with E-state index in [0.29, 0.717) is 22.4 Å². The number of carbonyl (C=O) groups is 1. The Morgan fingerprint density at radius 3 is 2.56 bits per heavy atom. The van der Waals surface area contributed by atoms with Gasteiger partial charge in [0.05, 0.1) is 11.1 Å². The van der Waals surface area contributed by atoms with Crippen molar-refractivity contribution in [2.75, 3.05) is 0 Å². The Balaban J connectivity index is 2.12. The Kier molecular flexibility index (Phi) is 4.29. The van der Waals surface area contributed by atoms with Crippen LogP contribution >= 0.6 is 0 Å². The van der Waals surface area contributed by atoms with Crippen molar-refractivity contribution in [1.29, 1.82) is 0 Å². The van der Waals surface area contributed by atoms with Gasteiger partial charge in [-0.1, -0.05) is 29.8 Å². The number of fused-ring (bicyclic) bond motifs is 1. The number of carbonyl (C=O) groups excluding carboxylic acids is 1. The SMILES string of the molecule is Cc1ccc2c(c1)C(=O)/C(=C\NC(C)(C)C)C(c1ccccc1O)O2. The van der Waals surface area contributed by atoms with Gasteiger partial charge in [-0.25, -0.2) is 0 Å². The van der Waals surface area contributed by atoms with Crippen molar-refractivity contribution in [3.8, 4) is 11.5 Å². The number of benzene rings is 2. The smallest absolute Gasteiger partial charge is 0.198 e. The molecule has 0 aliphatic carbocycles. The van der Waals surface area contributed by atoms with Gasteiger partial charge in [-0.3, -0.25) is 4.79 Å². The summed E-state index contributed by atoms with van der Waals surface area (Å²) in [4.78, 5) is 13.1. The van der Waals surface area contributed by atoms with Crippen molar-refractivity contribution < 1.29 is 14.6 Å². The maximum atomic E-state index is 13.1. The molecular weight excluding hydrogens is 314 g/mol. The van der Waals surface area contributed by atoms with E-state index < -0.39 is 6.10 Å². The summed E-state index contributed by atoms with van der Waals surface area (Å²) in [6.07, 6.45) is 1.06. The van der Waals surface area contributed by atoms with Gasteiger partial charge in [-0.2, -0.15) is 0 Å². The predicted octanol–water partition coefficient (Wildman–Crippen LogP) is 4.29. The summed E-state index contributed by atoms with van der Waals surface area (Å²) >= 11 is 0. The first-order valence-electron chi connectivity index (χ1n) is 8.34. The maximum Gasteiger partial charge on any atom is 0.198 e. The van der Waals surface area contributed by atoms with E-state index in [1.54, 1.807) is 24.4 Å². The molecule has 3 rings (SSSR count). The topological polar surface area (TPSA) is 58.6 Å². The van der Waals surface area contributed by atoms with E-state index in [0.717, 1.165) is 5.56 Å². The molecule has 1 heterocycles. The molecule has 0 spiro atoms. The van der Waals surface area contributed by atoms with E-state index in [1.165, 1.54) is 0 Å². The van der Waals surface area contributed by atoms with Crippen molar-refractivity contribution in [2.45, 2.75) is 39.3 Å². The second-order valence-electron chi connectivity index (χ2n) is 7.38. The van der Waals surface area contributed by atoms with E-state index in [4.69, 9.17) is 4.74 Å². The van der Waals surface area contributed by atoms with Gasteiger partial charge in [0.2, 0.25) is 0 Å². The molecule has 2 N–H and O–H groups in total. The Bertz CT molecular complexity index is 846. The average molecular weight is 337 g/mol. The lowest BCUT2D eigenvalue weighted by molar-refractivity contribution is 0.0958. The van der Waals surface area contributed by atoms with Crippen molar-refractivity contribution in [3.05, 3.63) is 70.9 Å². The number of phenolic OH excluding ortho intramolecular Hbond substituents is 1. The zero-order valence-electron chi connectivity index (χ0n) is 15.0. The fraction of sp³-hybridized carbons (Fsp3) is 0.286. The summed E-state index contributed by atoms with van der Waals surface area (Å²) in [7, 11) is 0. The van der Waals surface area contributed by atoms with E-state index in [-0.39, 0.29) is 17.1 Å². The fourth-order valence-electron chi connectivity index (χ4n) is 2.76. The van der Waals surface area contributed by atoms with Gasteiger partial charge in [0.25, 0.3) is 0 Å². The van der Waals surface area contributed by atoms with Crippen LogP contribution in [0.15, 0.2) is 54.2 Å². The molecule has 1 unspecified atom stereocenters. The quantitative estimate of drug-likeness (QED) is 0.803. The molecule has 0 fully saturated rings. The van der Waals surface area contributed by atoms with Gasteiger partial charge in [-0.15, -0.1) is 0 Å². The number of phenols is 1. The minimum Gasteiger partial charge on any atom is -0.508 e. The monoisotopic (exact) mass is 337 g/mol. The number of nitrogens with one attached hydrogen (secondary N) is 1. The van der Waals surface area contributed by atoms with Gasteiger partial charge in [0.15, 0.2) is 11.9 Å². The predicted molar refractivity (Wildman–Crippen MR) is 98.0 cm³/mol. The molecule has 0 aromatic heterocycles. The first-order valence-corrected chi connectivity index (χ1v) is 8.34. The third kappa shape index (κ3) is 3.53. The highest BCUT2D eigenvalue weighted by molar-refractivity contribution is 6.12. The lowest BCUT2D eigenvalue weighted by Crippen LogP contribution is -2.34. The summed E-state index contributed by atoms with van der Waals surface area (Å²) in [5, 5.41) is 13.5. The number of hydrogen-bond donors (Lipinski definition) is 2. The lowest BCUT2D eigenvalue weighted by Gasteiger charge is -2.30. The number of aryl methyl sites for hydroxylation is 1. The zero-order chi connectivity index (χ0) is 18.2. The Morgan fingerprint density at radius 1 is 1.16 bits per heavy atom. The summed E-state index contributed by atoms with van der Waals surface area (Å²) < 4.78 is 6.11. The van der Waals surface area contributed by atoms with Crippen LogP contribution in [0.4, 0.5) is 0 Å². The van der Waals surface area contributed by atoms with Crippen LogP contribution in [0, 0.1) is 6.92 Å². The summed E-state index contributed by atoms with van der Waals surface area (Å²) in [6.45, 7) is 8.00. The van der Waals surface area contributed by atoms with Gasteiger partial charge < -0.3 is 15.2 Å². The zero-order valence-corrected chi connectivity index (χ0v) is 15.0. The molecule has 25 heavy (non-hydrogen) atoms. The number of ether oxygens (including phenoxy) is 1. The molecule has 1 aliphatic heterocycles. The average Bonchev–Trinajstić information content (AvgIpc) is 2.54. The molecule has 4 nitrogen and oxygen atoms in total. The molecule has 0 saturated heterocycles. The van der Waals surface area contributed by atoms with Crippen LogP contribution in [0.25, 0.3) is 0 Å². The molecule has 0 saturated carbocycles. The van der Waals surface area contributed by atoms with Crippen molar-refractivity contribution in [1.82, 2.24) is 5.32 Å². The molecule has 2 aromatic carbocycles. The molecule has 1 aliphatic rings. The Labute approximate surface area is 148 Å². The van der Waals surface area contributed by atoms with Crippen LogP contribution in [0.3, 0.4) is 0 Å². The summed E-state index contributed by atoms with van der Waals surface area (Å²) in [6, 6.07) is 12.5. The van der Waals surface area contributed by atoms with Gasteiger partial charge in [0.1, 0.15) is 11.5 Å². The van der Waals surface area contributed by atoms with Gasteiger partial charge in [0, 0.05) is 17.3 Å². The normalized spacial score (nSPS) is 18.6. The minimum atomic E-state index is -0.654. The van der Waals surface area contributed by atoms with Gasteiger partial charge >= 0.3 is 0 Å². The van der Waals surface area contributed by atoms with E-state index >= 15 is 0 Å². The number of para-hydroxylation sites is 1. The molecule has 4 heteroatoms. The molecule has 1 atom stereocenters. The van der Waals surface area contributed by atoms with Crippen LogP contribution < -0.4 is 10.1 Å². The van der Waals surface area contributed by atoms with Crippen molar-refractivity contribution >= 4 is 5.78 Å². The van der Waals surface area contributed by atoms with Gasteiger partial charge in [-0.05, 0) is 45.9 Å². The van der Waals surface area contributed by atoms with E-state index in [1.807, 2.05) is 52.0 Å². The molecule has 0 bridgehead atoms. The van der Waals surface area contributed by atoms with E-state index in [2.05, 4.69) is 5.32 Å². The van der Waals surface area contributed by atoms with Crippen molar-refractivity contribution in [3.63, 3.8) is 0 Å². The summed E-state index contributed by atoms with van der Waals surface area (Å²) in [5.41, 5.74) is 2.41. The molecule has 0 radical (unpaired) electrons. The Hall–Kier alpha value is -2.75. The second-order valence-corrected chi connectivity index (χ2v) is 7.38. The highest BCUT2D eigenvalue weighted by Crippen LogP contribution is 2.41. The van der Waals surface area contributed by atoms with Crippen LogP contribution in [0.2, 0.25) is 0 Å². The van der Waals surface area contributed by atoms with Crippen LogP contribution in [-0.2, 0) is 0 Å². The fourth-order valence-corrected chi connectivity index (χ4v) is 2.76. The number of aromatic hydroxyl groups is 1. The maximum absolute atomic E-state index is 13.1. The number of Topliss-reactive ketones (excluding diaryl/α,β-unsaturated/α-hetero) is 1. The third-order valence-electron chi connectivity index (χ3n) is 4.05. The standard InChI is InChI=1S/C21H23NO3/c1-13-9-10-18-15(11-13)19(24)16(12-22-21(2,3)4)20(25-18)14-7-5-6-8-17(14)23/h5-12,20,22-23H,1-4H3/b16-12+. The molecule has 2 aromatic rings. The lowest BCUT2D eigenvalue weighted by atomic mass is 9.90. The Morgan fingerprint density at radius 2 is 1.88 bits per heavy atom. The molecule has 130 valence electrons. The first-order chi connectivity index (χ1) is 11.8. The molecular formula is C21H23NO3. The number of hydrogen-bond acceptors (Lipinski definition) is 4. The highest BCUT2D eigenvalue weighted by atomic mass is 16.5. The van der Waals surface area contributed by atoms with Crippen LogP contribution in [-0.4, -0.2) is 16.4 Å². The highest BCUT2D eigenvalue weighted by Gasteiger charge is 2.34. The minimum absolute atomic E-state index is 0.0880. The third-order valence-corrected chi connectivity index (χ3v) is 4.05. The summed E-state index contributed by atoms with van der Waals surface area (Å²) in [5.74, 6) is 0.559. The van der Waals surface area contributed by atoms with Crippen LogP contribution in [0.1, 0.15) is 48.4 Å². The largest absolute Gasteiger partial charge is 0.508 e. The van der Waals surface area contributed by atoms with Crippen LogP contribution in [0.5, 0.6) is 11.5 Å². The van der Waals surface area contributed by atoms with Crippen molar-refractivity contribution in [2.24, 2.45) is 0 Å².